The third kappa shape index (κ3) is 6.96. The minimum atomic E-state index is 0. The van der Waals surface area contributed by atoms with Gasteiger partial charge in [0.25, 0.3) is 0 Å². The quantitative estimate of drug-likeness (QED) is 0.408. The molecule has 0 amide bonds. The molecule has 0 spiro atoms. The minimum Gasteiger partial charge on any atom is -0.356 e. The first kappa shape index (κ1) is 19.2. The van der Waals surface area contributed by atoms with Gasteiger partial charge in [-0.2, -0.15) is 0 Å². The van der Waals surface area contributed by atoms with Crippen LogP contribution in [0.1, 0.15) is 25.3 Å². The average molecular weight is 416 g/mol. The van der Waals surface area contributed by atoms with E-state index in [1.54, 1.807) is 0 Å². The Bertz CT molecular complexity index is 445. The number of aliphatic imine (C=N–C) groups is 1. The topological polar surface area (TPSA) is 39.7 Å². The standard InChI is InChI=1S/C17H28N4.HI/c1-14(21(3)13-16-7-5-4-6-8-16)11-19-17(18-2)20-12-15-9-10-15;/h4-8,14-15H,9-13H2,1-3H3,(H2,18,19,20);1H. The number of likely N-dealkylation sites (N-methyl/N-ethyl adjacent to an activating group) is 1. The van der Waals surface area contributed by atoms with Gasteiger partial charge >= 0.3 is 0 Å². The number of guanidine groups is 1. The monoisotopic (exact) mass is 416 g/mol. The number of hydrogen-bond donors (Lipinski definition) is 2. The number of nitrogens with one attached hydrogen (secondary N) is 2. The van der Waals surface area contributed by atoms with Crippen LogP contribution in [-0.2, 0) is 6.54 Å². The van der Waals surface area contributed by atoms with Crippen LogP contribution >= 0.6 is 24.0 Å². The molecule has 0 radical (unpaired) electrons. The van der Waals surface area contributed by atoms with Gasteiger partial charge < -0.3 is 10.6 Å². The zero-order chi connectivity index (χ0) is 15.1. The van der Waals surface area contributed by atoms with E-state index in [1.165, 1.54) is 18.4 Å². The molecule has 1 fully saturated rings. The third-order valence-electron chi connectivity index (χ3n) is 4.07. The summed E-state index contributed by atoms with van der Waals surface area (Å²) in [6.45, 7) is 5.16. The largest absolute Gasteiger partial charge is 0.356 e. The van der Waals surface area contributed by atoms with Crippen LogP contribution in [0.3, 0.4) is 0 Å². The number of rotatable bonds is 7. The number of halogens is 1. The predicted octanol–water partition coefficient (Wildman–Crippen LogP) is 2.70. The van der Waals surface area contributed by atoms with E-state index in [0.29, 0.717) is 6.04 Å². The van der Waals surface area contributed by atoms with E-state index in [1.807, 2.05) is 7.05 Å². The van der Waals surface area contributed by atoms with E-state index in [2.05, 4.69) is 64.8 Å². The van der Waals surface area contributed by atoms with Crippen molar-refractivity contribution in [3.05, 3.63) is 35.9 Å². The Balaban J connectivity index is 0.00000242. The molecule has 0 saturated heterocycles. The SMILES string of the molecule is CN=C(NCC1CC1)NCC(C)N(C)Cc1ccccc1.I. The van der Waals surface area contributed by atoms with Crippen molar-refractivity contribution < 1.29 is 0 Å². The van der Waals surface area contributed by atoms with E-state index in [0.717, 1.165) is 31.5 Å². The van der Waals surface area contributed by atoms with Gasteiger partial charge in [0.05, 0.1) is 0 Å². The lowest BCUT2D eigenvalue weighted by Crippen LogP contribution is -2.45. The zero-order valence-electron chi connectivity index (χ0n) is 13.9. The van der Waals surface area contributed by atoms with Gasteiger partial charge in [0.15, 0.2) is 5.96 Å². The molecular formula is C17H29IN4. The summed E-state index contributed by atoms with van der Waals surface area (Å²) in [6, 6.07) is 11.0. The molecule has 0 aromatic heterocycles. The Kier molecular flexibility index (Phi) is 8.78. The van der Waals surface area contributed by atoms with E-state index < -0.39 is 0 Å². The average Bonchev–Trinajstić information content (AvgIpc) is 3.32. The van der Waals surface area contributed by atoms with Gasteiger partial charge in [0, 0.05) is 32.7 Å². The molecule has 124 valence electrons. The first-order chi connectivity index (χ1) is 10.2. The van der Waals surface area contributed by atoms with Crippen molar-refractivity contribution in [1.29, 1.82) is 0 Å². The second kappa shape index (κ2) is 10.0. The summed E-state index contributed by atoms with van der Waals surface area (Å²) in [5.41, 5.74) is 1.35. The summed E-state index contributed by atoms with van der Waals surface area (Å²) in [7, 11) is 4.00. The minimum absolute atomic E-state index is 0. The second-order valence-electron chi connectivity index (χ2n) is 6.03. The lowest BCUT2D eigenvalue weighted by molar-refractivity contribution is 0.249. The molecule has 22 heavy (non-hydrogen) atoms. The summed E-state index contributed by atoms with van der Waals surface area (Å²) in [5, 5.41) is 6.81. The van der Waals surface area contributed by atoms with Gasteiger partial charge in [-0.1, -0.05) is 30.3 Å². The zero-order valence-corrected chi connectivity index (χ0v) is 16.2. The molecular weight excluding hydrogens is 387 g/mol. The fourth-order valence-electron chi connectivity index (χ4n) is 2.21. The maximum atomic E-state index is 4.28. The maximum absolute atomic E-state index is 4.28. The molecule has 0 bridgehead atoms. The van der Waals surface area contributed by atoms with E-state index in [-0.39, 0.29) is 24.0 Å². The summed E-state index contributed by atoms with van der Waals surface area (Å²) >= 11 is 0. The number of hydrogen-bond acceptors (Lipinski definition) is 2. The molecule has 1 aliphatic rings. The fourth-order valence-corrected chi connectivity index (χ4v) is 2.21. The van der Waals surface area contributed by atoms with Crippen LogP contribution in [0.5, 0.6) is 0 Å². The maximum Gasteiger partial charge on any atom is 0.191 e. The highest BCUT2D eigenvalue weighted by Crippen LogP contribution is 2.27. The Morgan fingerprint density at radius 2 is 1.95 bits per heavy atom. The molecule has 5 heteroatoms. The highest BCUT2D eigenvalue weighted by atomic mass is 127. The molecule has 4 nitrogen and oxygen atoms in total. The molecule has 1 aromatic rings. The molecule has 1 unspecified atom stereocenters. The van der Waals surface area contributed by atoms with Crippen molar-refractivity contribution in [3.63, 3.8) is 0 Å². The molecule has 2 rings (SSSR count). The van der Waals surface area contributed by atoms with Gasteiger partial charge in [-0.15, -0.1) is 24.0 Å². The normalized spacial score (nSPS) is 16.1. The fraction of sp³-hybridized carbons (Fsp3) is 0.588. The predicted molar refractivity (Wildman–Crippen MR) is 105 cm³/mol. The smallest absolute Gasteiger partial charge is 0.191 e. The van der Waals surface area contributed by atoms with Crippen LogP contribution in [0.25, 0.3) is 0 Å². The van der Waals surface area contributed by atoms with Crippen molar-refractivity contribution in [2.45, 2.75) is 32.4 Å². The van der Waals surface area contributed by atoms with E-state index in [4.69, 9.17) is 0 Å². The van der Waals surface area contributed by atoms with Gasteiger partial charge in [-0.25, -0.2) is 0 Å². The molecule has 1 atom stereocenters. The first-order valence-corrected chi connectivity index (χ1v) is 7.87. The number of nitrogens with zero attached hydrogens (tertiary/aromatic N) is 2. The van der Waals surface area contributed by atoms with E-state index in [9.17, 15) is 0 Å². The lowest BCUT2D eigenvalue weighted by Gasteiger charge is -2.25. The molecule has 1 aromatic carbocycles. The number of benzene rings is 1. The summed E-state index contributed by atoms with van der Waals surface area (Å²) in [4.78, 5) is 6.64. The molecule has 1 saturated carbocycles. The highest BCUT2D eigenvalue weighted by Gasteiger charge is 2.21. The van der Waals surface area contributed by atoms with Crippen molar-refractivity contribution in [2.24, 2.45) is 10.9 Å². The summed E-state index contributed by atoms with van der Waals surface area (Å²) in [6.07, 6.45) is 2.72. The Morgan fingerprint density at radius 3 is 2.55 bits per heavy atom. The van der Waals surface area contributed by atoms with Gasteiger partial charge in [-0.05, 0) is 38.3 Å². The van der Waals surface area contributed by atoms with Crippen LogP contribution in [-0.4, -0.2) is 44.1 Å². The van der Waals surface area contributed by atoms with Gasteiger partial charge in [0.2, 0.25) is 0 Å². The van der Waals surface area contributed by atoms with Gasteiger partial charge in [-0.3, -0.25) is 9.89 Å². The van der Waals surface area contributed by atoms with E-state index >= 15 is 0 Å². The molecule has 1 aliphatic carbocycles. The molecule has 0 heterocycles. The summed E-state index contributed by atoms with van der Waals surface area (Å²) in [5.74, 6) is 1.78. The van der Waals surface area contributed by atoms with Crippen LogP contribution < -0.4 is 10.6 Å². The van der Waals surface area contributed by atoms with Crippen molar-refractivity contribution in [2.75, 3.05) is 27.2 Å². The first-order valence-electron chi connectivity index (χ1n) is 7.87. The van der Waals surface area contributed by atoms with Crippen molar-refractivity contribution in [1.82, 2.24) is 15.5 Å². The van der Waals surface area contributed by atoms with Crippen LogP contribution in [0, 0.1) is 5.92 Å². The third-order valence-corrected chi connectivity index (χ3v) is 4.07. The van der Waals surface area contributed by atoms with Gasteiger partial charge in [0.1, 0.15) is 0 Å². The van der Waals surface area contributed by atoms with Crippen LogP contribution in [0.4, 0.5) is 0 Å². The Labute approximate surface area is 151 Å². The summed E-state index contributed by atoms with van der Waals surface area (Å²) < 4.78 is 0. The van der Waals surface area contributed by atoms with Crippen LogP contribution in [0.2, 0.25) is 0 Å². The molecule has 0 aliphatic heterocycles. The Morgan fingerprint density at radius 1 is 1.27 bits per heavy atom. The second-order valence-corrected chi connectivity index (χ2v) is 6.03. The highest BCUT2D eigenvalue weighted by molar-refractivity contribution is 14.0. The van der Waals surface area contributed by atoms with Crippen molar-refractivity contribution >= 4 is 29.9 Å². The lowest BCUT2D eigenvalue weighted by atomic mass is 10.2. The Hall–Kier alpha value is -0.820. The van der Waals surface area contributed by atoms with Crippen LogP contribution in [0.15, 0.2) is 35.3 Å². The van der Waals surface area contributed by atoms with Crippen molar-refractivity contribution in [3.8, 4) is 0 Å². The molecule has 2 N–H and O–H groups in total.